The van der Waals surface area contributed by atoms with E-state index in [9.17, 15) is 18.0 Å². The van der Waals surface area contributed by atoms with Gasteiger partial charge in [0.2, 0.25) is 11.2 Å². The number of rotatable bonds is 5. The minimum Gasteiger partial charge on any atom is -0.383 e. The lowest BCUT2D eigenvalue weighted by atomic mass is 10.2. The third-order valence-electron chi connectivity index (χ3n) is 3.10. The van der Waals surface area contributed by atoms with Gasteiger partial charge < -0.3 is 4.90 Å². The highest BCUT2D eigenvalue weighted by molar-refractivity contribution is 7.90. The number of carbonyl (C=O) groups is 1. The lowest BCUT2D eigenvalue weighted by molar-refractivity contribution is 0.103. The van der Waals surface area contributed by atoms with Crippen LogP contribution < -0.4 is 5.43 Å². The molecule has 0 unspecified atom stereocenters. The van der Waals surface area contributed by atoms with Gasteiger partial charge in [0.05, 0.1) is 10.6 Å². The van der Waals surface area contributed by atoms with E-state index < -0.39 is 21.0 Å². The molecule has 0 saturated carbocycles. The van der Waals surface area contributed by atoms with E-state index in [-0.39, 0.29) is 10.6 Å². The van der Waals surface area contributed by atoms with Crippen molar-refractivity contribution in [1.29, 1.82) is 0 Å². The Morgan fingerprint density at radius 2 is 1.79 bits per heavy atom. The Bertz CT molecular complexity index is 942. The molecule has 126 valence electrons. The summed E-state index contributed by atoms with van der Waals surface area (Å²) in [5, 5.41) is 4.05. The van der Waals surface area contributed by atoms with Crippen molar-refractivity contribution in [3.63, 3.8) is 0 Å². The Morgan fingerprint density at radius 1 is 1.17 bits per heavy atom. The van der Waals surface area contributed by atoms with Crippen LogP contribution in [0.3, 0.4) is 0 Å². The molecule has 1 heterocycles. The summed E-state index contributed by atoms with van der Waals surface area (Å²) in [5.41, 5.74) is -0.150. The number of nitrogens with zero attached hydrogens (tertiary/aromatic N) is 3. The van der Waals surface area contributed by atoms with Crippen LogP contribution in [0.4, 0.5) is 0 Å². The Morgan fingerprint density at radius 3 is 2.33 bits per heavy atom. The van der Waals surface area contributed by atoms with E-state index in [0.717, 1.165) is 6.26 Å². The fourth-order valence-corrected chi connectivity index (χ4v) is 2.49. The highest BCUT2D eigenvalue weighted by atomic mass is 32.2. The molecule has 0 amide bonds. The van der Waals surface area contributed by atoms with Gasteiger partial charge in [-0.15, -0.1) is 0 Å². The fourth-order valence-electron chi connectivity index (χ4n) is 1.86. The van der Waals surface area contributed by atoms with Gasteiger partial charge in [0.15, 0.2) is 15.5 Å². The van der Waals surface area contributed by atoms with Crippen molar-refractivity contribution < 1.29 is 13.2 Å². The van der Waals surface area contributed by atoms with Crippen molar-refractivity contribution in [2.24, 2.45) is 0 Å². The first-order valence-electron chi connectivity index (χ1n) is 6.98. The van der Waals surface area contributed by atoms with E-state index in [0.29, 0.717) is 5.69 Å². The molecule has 0 spiro atoms. The van der Waals surface area contributed by atoms with Crippen LogP contribution in [0.1, 0.15) is 10.5 Å². The number of aromatic nitrogens is 2. The van der Waals surface area contributed by atoms with Crippen LogP contribution in [0.15, 0.2) is 58.5 Å². The number of hydrogen-bond acceptors (Lipinski definition) is 6. The molecule has 24 heavy (non-hydrogen) atoms. The summed E-state index contributed by atoms with van der Waals surface area (Å²) in [6.45, 7) is 0. The van der Waals surface area contributed by atoms with Crippen LogP contribution in [-0.4, -0.2) is 49.2 Å². The van der Waals surface area contributed by atoms with Crippen LogP contribution in [-0.2, 0) is 9.84 Å². The molecule has 1 aromatic carbocycles. The minimum atomic E-state index is -3.29. The number of hydrogen-bond donors (Lipinski definition) is 0. The highest BCUT2D eigenvalue weighted by Gasteiger charge is 2.12. The molecule has 0 aliphatic heterocycles. The van der Waals surface area contributed by atoms with E-state index >= 15 is 0 Å². The normalized spacial score (nSPS) is 11.6. The monoisotopic (exact) mass is 347 g/mol. The summed E-state index contributed by atoms with van der Waals surface area (Å²) in [6, 6.07) is 7.24. The molecule has 7 nitrogen and oxygen atoms in total. The zero-order chi connectivity index (χ0) is 17.9. The van der Waals surface area contributed by atoms with Gasteiger partial charge in [0.25, 0.3) is 0 Å². The fraction of sp³-hybridized carbons (Fsp3) is 0.188. The summed E-state index contributed by atoms with van der Waals surface area (Å²) in [7, 11) is 0.214. The molecule has 0 aliphatic rings. The van der Waals surface area contributed by atoms with Crippen molar-refractivity contribution in [3.8, 4) is 5.69 Å². The molecule has 0 aliphatic carbocycles. The van der Waals surface area contributed by atoms with Gasteiger partial charge in [0.1, 0.15) is 0 Å². The molecule has 0 fully saturated rings. The van der Waals surface area contributed by atoms with E-state index in [1.54, 1.807) is 31.1 Å². The molecule has 0 bridgehead atoms. The summed E-state index contributed by atoms with van der Waals surface area (Å²) < 4.78 is 24.3. The second kappa shape index (κ2) is 6.79. The first kappa shape index (κ1) is 17.6. The Balaban J connectivity index is 2.41. The van der Waals surface area contributed by atoms with Gasteiger partial charge in [-0.1, -0.05) is 0 Å². The van der Waals surface area contributed by atoms with Crippen LogP contribution in [0.5, 0.6) is 0 Å². The second-order valence-corrected chi connectivity index (χ2v) is 7.40. The summed E-state index contributed by atoms with van der Waals surface area (Å²) >= 11 is 0. The number of allylic oxidation sites excluding steroid dienone is 1. The van der Waals surface area contributed by atoms with E-state index in [4.69, 9.17) is 0 Å². The van der Waals surface area contributed by atoms with Crippen molar-refractivity contribution in [2.75, 3.05) is 20.4 Å². The molecule has 1 aromatic heterocycles. The maximum Gasteiger partial charge on any atom is 0.211 e. The lowest BCUT2D eigenvalue weighted by Gasteiger charge is -2.07. The van der Waals surface area contributed by atoms with Crippen LogP contribution >= 0.6 is 0 Å². The minimum absolute atomic E-state index is 0.178. The first-order valence-corrected chi connectivity index (χ1v) is 8.87. The van der Waals surface area contributed by atoms with Crippen LogP contribution in [0, 0.1) is 0 Å². The van der Waals surface area contributed by atoms with Crippen LogP contribution in [0.25, 0.3) is 5.69 Å². The third kappa shape index (κ3) is 4.17. The van der Waals surface area contributed by atoms with Gasteiger partial charge in [-0.2, -0.15) is 5.10 Å². The number of ketones is 1. The molecule has 2 aromatic rings. The van der Waals surface area contributed by atoms with Gasteiger partial charge in [0, 0.05) is 44.9 Å². The Kier molecular flexibility index (Phi) is 4.99. The largest absolute Gasteiger partial charge is 0.383 e. The Labute approximate surface area is 139 Å². The average molecular weight is 347 g/mol. The van der Waals surface area contributed by atoms with Crippen LogP contribution in [0.2, 0.25) is 0 Å². The second-order valence-electron chi connectivity index (χ2n) is 5.38. The highest BCUT2D eigenvalue weighted by Crippen LogP contribution is 2.12. The third-order valence-corrected chi connectivity index (χ3v) is 4.22. The first-order chi connectivity index (χ1) is 11.2. The zero-order valence-electron chi connectivity index (χ0n) is 13.5. The molecule has 0 N–H and O–H groups in total. The predicted octanol–water partition coefficient (Wildman–Crippen LogP) is 0.894. The molecule has 0 atom stereocenters. The SMILES string of the molecule is CN(C)C=CC(=O)c1nn(-c2ccc(S(C)(=O)=O)cc2)ccc1=O. The molecule has 2 rings (SSSR count). The number of benzene rings is 1. The van der Waals surface area contributed by atoms with Gasteiger partial charge in [-0.3, -0.25) is 9.59 Å². The summed E-state index contributed by atoms with van der Waals surface area (Å²) in [5.74, 6) is -0.504. The summed E-state index contributed by atoms with van der Waals surface area (Å²) in [4.78, 5) is 25.8. The van der Waals surface area contributed by atoms with E-state index in [2.05, 4.69) is 5.10 Å². The maximum atomic E-state index is 12.1. The van der Waals surface area contributed by atoms with E-state index in [1.807, 2.05) is 0 Å². The molecule has 0 radical (unpaired) electrons. The standard InChI is InChI=1S/C16H17N3O4S/c1-18(2)10-8-14(20)16-15(21)9-11-19(17-16)12-4-6-13(7-5-12)24(3,22)23/h4-11H,1-3H3. The molecule has 0 saturated heterocycles. The lowest BCUT2D eigenvalue weighted by Crippen LogP contribution is -2.20. The molecular formula is C16H17N3O4S. The van der Waals surface area contributed by atoms with Crippen molar-refractivity contribution >= 4 is 15.6 Å². The smallest absolute Gasteiger partial charge is 0.211 e. The van der Waals surface area contributed by atoms with Crippen molar-refractivity contribution in [3.05, 3.63) is 64.7 Å². The zero-order valence-corrected chi connectivity index (χ0v) is 14.3. The average Bonchev–Trinajstić information content (AvgIpc) is 2.52. The summed E-state index contributed by atoms with van der Waals surface area (Å²) in [6.07, 6.45) is 5.33. The maximum absolute atomic E-state index is 12.1. The topological polar surface area (TPSA) is 89.3 Å². The van der Waals surface area contributed by atoms with Gasteiger partial charge >= 0.3 is 0 Å². The van der Waals surface area contributed by atoms with Crippen molar-refractivity contribution in [2.45, 2.75) is 4.90 Å². The molecular weight excluding hydrogens is 330 g/mol. The number of sulfone groups is 1. The van der Waals surface area contributed by atoms with Crippen molar-refractivity contribution in [1.82, 2.24) is 14.7 Å². The molecule has 8 heteroatoms. The Hall–Kier alpha value is -2.74. The quantitative estimate of drug-likeness (QED) is 0.590. The predicted molar refractivity (Wildman–Crippen MR) is 90.1 cm³/mol. The number of carbonyl (C=O) groups excluding carboxylic acids is 1. The van der Waals surface area contributed by atoms with Gasteiger partial charge in [-0.05, 0) is 24.3 Å². The van der Waals surface area contributed by atoms with E-state index in [1.165, 1.54) is 41.4 Å². The van der Waals surface area contributed by atoms with Gasteiger partial charge in [-0.25, -0.2) is 13.1 Å².